The Morgan fingerprint density at radius 1 is 1.54 bits per heavy atom. The van der Waals surface area contributed by atoms with Crippen LogP contribution in [-0.2, 0) is 7.05 Å². The second-order valence-electron chi connectivity index (χ2n) is 3.22. The molecule has 0 amide bonds. The predicted octanol–water partition coefficient (Wildman–Crippen LogP) is 0.535. The van der Waals surface area contributed by atoms with Gasteiger partial charge in [0.05, 0.1) is 5.56 Å². The minimum atomic E-state index is -1.08. The third kappa shape index (κ3) is 1.49. The molecule has 13 heavy (non-hydrogen) atoms. The first-order chi connectivity index (χ1) is 5.95. The molecule has 0 fully saturated rings. The van der Waals surface area contributed by atoms with Crippen molar-refractivity contribution < 1.29 is 9.90 Å². The van der Waals surface area contributed by atoms with Gasteiger partial charge in [0.2, 0.25) is 0 Å². The lowest BCUT2D eigenvalue weighted by Crippen LogP contribution is -2.11. The number of aromatic amines is 1. The average Bonchev–Trinajstić information content (AvgIpc) is 2.24. The molecule has 2 N–H and O–H groups in total. The van der Waals surface area contributed by atoms with E-state index in [1.54, 1.807) is 13.8 Å². The maximum absolute atomic E-state index is 11.3. The lowest BCUT2D eigenvalue weighted by Gasteiger charge is -2.02. The van der Waals surface area contributed by atoms with Gasteiger partial charge in [-0.3, -0.25) is 14.6 Å². The van der Waals surface area contributed by atoms with E-state index in [-0.39, 0.29) is 17.2 Å². The van der Waals surface area contributed by atoms with E-state index in [4.69, 9.17) is 5.11 Å². The van der Waals surface area contributed by atoms with Crippen molar-refractivity contribution in [1.82, 2.24) is 9.78 Å². The van der Waals surface area contributed by atoms with Crippen LogP contribution in [0.15, 0.2) is 4.79 Å². The van der Waals surface area contributed by atoms with Crippen molar-refractivity contribution >= 4 is 5.97 Å². The van der Waals surface area contributed by atoms with Crippen LogP contribution in [0.2, 0.25) is 0 Å². The maximum Gasteiger partial charge on any atom is 0.354 e. The predicted molar refractivity (Wildman–Crippen MR) is 47.1 cm³/mol. The zero-order valence-corrected chi connectivity index (χ0v) is 7.79. The SMILES string of the molecule is CC(C)c1c(C(=O)O)n(C)[nH]c1=O. The molecular weight excluding hydrogens is 172 g/mol. The minimum Gasteiger partial charge on any atom is -0.477 e. The normalized spacial score (nSPS) is 10.8. The molecule has 0 saturated heterocycles. The molecule has 72 valence electrons. The van der Waals surface area contributed by atoms with Crippen molar-refractivity contribution in [1.29, 1.82) is 0 Å². The highest BCUT2D eigenvalue weighted by molar-refractivity contribution is 5.87. The van der Waals surface area contributed by atoms with E-state index in [1.165, 1.54) is 11.7 Å². The minimum absolute atomic E-state index is 0.0417. The van der Waals surface area contributed by atoms with Crippen LogP contribution < -0.4 is 5.56 Å². The number of aromatic nitrogens is 2. The summed E-state index contributed by atoms with van der Waals surface area (Å²) in [5.74, 6) is -1.17. The summed E-state index contributed by atoms with van der Waals surface area (Å²) >= 11 is 0. The van der Waals surface area contributed by atoms with Crippen molar-refractivity contribution in [3.05, 3.63) is 21.6 Å². The topological polar surface area (TPSA) is 75.1 Å². The first-order valence-electron chi connectivity index (χ1n) is 3.97. The molecule has 1 heterocycles. The van der Waals surface area contributed by atoms with Crippen LogP contribution in [-0.4, -0.2) is 20.9 Å². The lowest BCUT2D eigenvalue weighted by molar-refractivity contribution is 0.0683. The van der Waals surface area contributed by atoms with Crippen LogP contribution >= 0.6 is 0 Å². The number of H-pyrrole nitrogens is 1. The highest BCUT2D eigenvalue weighted by Gasteiger charge is 2.20. The van der Waals surface area contributed by atoms with Gasteiger partial charge in [0, 0.05) is 7.05 Å². The fourth-order valence-corrected chi connectivity index (χ4v) is 1.35. The summed E-state index contributed by atoms with van der Waals surface area (Å²) in [6, 6.07) is 0. The third-order valence-electron chi connectivity index (χ3n) is 1.88. The Bertz CT molecular complexity index is 387. The number of nitrogens with one attached hydrogen (secondary N) is 1. The van der Waals surface area contributed by atoms with Gasteiger partial charge in [-0.2, -0.15) is 0 Å². The Hall–Kier alpha value is -1.52. The molecular formula is C8H12N2O3. The molecule has 0 aliphatic carbocycles. The summed E-state index contributed by atoms with van der Waals surface area (Å²) in [6.07, 6.45) is 0. The van der Waals surface area contributed by atoms with Gasteiger partial charge in [-0.15, -0.1) is 0 Å². The van der Waals surface area contributed by atoms with Crippen LogP contribution in [0.25, 0.3) is 0 Å². The van der Waals surface area contributed by atoms with Crippen LogP contribution in [0.3, 0.4) is 0 Å². The third-order valence-corrected chi connectivity index (χ3v) is 1.88. The molecule has 0 aliphatic rings. The van der Waals surface area contributed by atoms with Crippen LogP contribution in [0.4, 0.5) is 0 Å². The van der Waals surface area contributed by atoms with Gasteiger partial charge in [-0.25, -0.2) is 4.79 Å². The molecule has 0 spiro atoms. The summed E-state index contributed by atoms with van der Waals surface area (Å²) in [6.45, 7) is 3.58. The molecule has 1 aromatic rings. The number of aryl methyl sites for hydroxylation is 1. The largest absolute Gasteiger partial charge is 0.477 e. The number of nitrogens with zero attached hydrogens (tertiary/aromatic N) is 1. The number of rotatable bonds is 2. The second-order valence-corrected chi connectivity index (χ2v) is 3.22. The standard InChI is InChI=1S/C8H12N2O3/c1-4(2)5-6(8(12)13)10(3)9-7(5)11/h4H,1-3H3,(H,9,11)(H,12,13). The molecule has 5 nitrogen and oxygen atoms in total. The fraction of sp³-hybridized carbons (Fsp3) is 0.500. The Labute approximate surface area is 75.0 Å². The Balaban J connectivity index is 3.47. The Kier molecular flexibility index (Phi) is 2.27. The van der Waals surface area contributed by atoms with Crippen LogP contribution in [0.5, 0.6) is 0 Å². The highest BCUT2D eigenvalue weighted by Crippen LogP contribution is 2.14. The van der Waals surface area contributed by atoms with Crippen LogP contribution in [0.1, 0.15) is 35.8 Å². The van der Waals surface area contributed by atoms with Crippen LogP contribution in [0, 0.1) is 0 Å². The van der Waals surface area contributed by atoms with E-state index in [0.29, 0.717) is 5.56 Å². The van der Waals surface area contributed by atoms with Gasteiger partial charge in [-0.05, 0) is 5.92 Å². The first-order valence-corrected chi connectivity index (χ1v) is 3.97. The van der Waals surface area contributed by atoms with E-state index in [1.807, 2.05) is 0 Å². The van der Waals surface area contributed by atoms with Crippen molar-refractivity contribution in [2.45, 2.75) is 19.8 Å². The molecule has 0 aromatic carbocycles. The lowest BCUT2D eigenvalue weighted by atomic mass is 10.0. The fourth-order valence-electron chi connectivity index (χ4n) is 1.35. The molecule has 0 aliphatic heterocycles. The number of carboxylic acids is 1. The van der Waals surface area contributed by atoms with Gasteiger partial charge in [-0.1, -0.05) is 13.8 Å². The van der Waals surface area contributed by atoms with E-state index in [9.17, 15) is 9.59 Å². The van der Waals surface area contributed by atoms with Gasteiger partial charge in [0.1, 0.15) is 0 Å². The Morgan fingerprint density at radius 3 is 2.38 bits per heavy atom. The van der Waals surface area contributed by atoms with E-state index >= 15 is 0 Å². The zero-order valence-electron chi connectivity index (χ0n) is 7.79. The maximum atomic E-state index is 11.3. The van der Waals surface area contributed by atoms with Gasteiger partial charge >= 0.3 is 5.97 Å². The molecule has 0 atom stereocenters. The summed E-state index contributed by atoms with van der Waals surface area (Å²) < 4.78 is 1.24. The van der Waals surface area contributed by atoms with Crippen molar-refractivity contribution in [2.24, 2.45) is 7.05 Å². The van der Waals surface area contributed by atoms with E-state index in [0.717, 1.165) is 0 Å². The zero-order chi connectivity index (χ0) is 10.2. The van der Waals surface area contributed by atoms with Crippen molar-refractivity contribution in [3.63, 3.8) is 0 Å². The molecule has 0 radical (unpaired) electrons. The monoisotopic (exact) mass is 184 g/mol. The van der Waals surface area contributed by atoms with Gasteiger partial charge in [0.25, 0.3) is 5.56 Å². The summed E-state index contributed by atoms with van der Waals surface area (Å²) in [7, 11) is 1.51. The molecule has 1 rings (SSSR count). The molecule has 1 aromatic heterocycles. The molecule has 0 bridgehead atoms. The van der Waals surface area contributed by atoms with Gasteiger partial charge in [0.15, 0.2) is 5.69 Å². The summed E-state index contributed by atoms with van der Waals surface area (Å²) in [5.41, 5.74) is 0.0462. The average molecular weight is 184 g/mol. The quantitative estimate of drug-likeness (QED) is 0.704. The summed E-state index contributed by atoms with van der Waals surface area (Å²) in [4.78, 5) is 22.0. The van der Waals surface area contributed by atoms with Gasteiger partial charge < -0.3 is 5.11 Å². The number of hydrogen-bond donors (Lipinski definition) is 2. The van der Waals surface area contributed by atoms with E-state index < -0.39 is 5.97 Å². The van der Waals surface area contributed by atoms with Crippen molar-refractivity contribution in [3.8, 4) is 0 Å². The number of hydrogen-bond acceptors (Lipinski definition) is 2. The number of carboxylic acid groups (broad SMARTS) is 1. The second kappa shape index (κ2) is 3.08. The van der Waals surface area contributed by atoms with E-state index in [2.05, 4.69) is 5.10 Å². The molecule has 0 unspecified atom stereocenters. The smallest absolute Gasteiger partial charge is 0.354 e. The van der Waals surface area contributed by atoms with Crippen molar-refractivity contribution in [2.75, 3.05) is 0 Å². The number of carbonyl (C=O) groups is 1. The summed E-state index contributed by atoms with van der Waals surface area (Å²) in [5, 5.41) is 11.2. The highest BCUT2D eigenvalue weighted by atomic mass is 16.4. The number of aromatic carboxylic acids is 1. The Morgan fingerprint density at radius 2 is 2.08 bits per heavy atom. The molecule has 0 saturated carbocycles. The molecule has 5 heteroatoms. The first kappa shape index (κ1) is 9.57.